The van der Waals surface area contributed by atoms with Gasteiger partial charge in [0, 0.05) is 11.6 Å². The van der Waals surface area contributed by atoms with Gasteiger partial charge in [-0.25, -0.2) is 4.39 Å². The molecule has 0 aliphatic carbocycles. The molecular formula is C14H22FN. The molecule has 0 fully saturated rings. The summed E-state index contributed by atoms with van der Waals surface area (Å²) in [7, 11) is 0. The molecule has 0 radical (unpaired) electrons. The Bertz CT molecular complexity index is 334. The van der Waals surface area contributed by atoms with E-state index >= 15 is 0 Å². The second-order valence-electron chi connectivity index (χ2n) is 4.96. The molecule has 0 saturated carbocycles. The van der Waals surface area contributed by atoms with Crippen molar-refractivity contribution in [3.05, 3.63) is 35.1 Å². The molecule has 0 aliphatic heterocycles. The first-order valence-corrected chi connectivity index (χ1v) is 6.02. The molecule has 0 aromatic heterocycles. The Balaban J connectivity index is 2.58. The molecule has 2 heteroatoms. The van der Waals surface area contributed by atoms with Crippen molar-refractivity contribution >= 4 is 0 Å². The maximum atomic E-state index is 13.5. The van der Waals surface area contributed by atoms with E-state index in [0.717, 1.165) is 24.8 Å². The van der Waals surface area contributed by atoms with Gasteiger partial charge in [0.15, 0.2) is 0 Å². The van der Waals surface area contributed by atoms with Crippen molar-refractivity contribution in [1.29, 1.82) is 0 Å². The number of halogens is 1. The van der Waals surface area contributed by atoms with Crippen molar-refractivity contribution in [2.45, 2.75) is 46.1 Å². The summed E-state index contributed by atoms with van der Waals surface area (Å²) in [5, 5.41) is 0. The number of rotatable bonds is 5. The van der Waals surface area contributed by atoms with E-state index in [9.17, 15) is 4.39 Å². The molecule has 1 unspecified atom stereocenters. The molecule has 1 rings (SSSR count). The fourth-order valence-electron chi connectivity index (χ4n) is 1.85. The van der Waals surface area contributed by atoms with Gasteiger partial charge >= 0.3 is 0 Å². The normalized spacial score (nSPS) is 13.1. The summed E-state index contributed by atoms with van der Waals surface area (Å²) in [4.78, 5) is 0. The number of aryl methyl sites for hydroxylation is 1. The monoisotopic (exact) mass is 223 g/mol. The average Bonchev–Trinajstić information content (AvgIpc) is 2.21. The van der Waals surface area contributed by atoms with Gasteiger partial charge in [0.25, 0.3) is 0 Å². The maximum absolute atomic E-state index is 13.5. The van der Waals surface area contributed by atoms with Crippen molar-refractivity contribution in [3.8, 4) is 0 Å². The lowest BCUT2D eigenvalue weighted by Crippen LogP contribution is -2.12. The minimum absolute atomic E-state index is 0.168. The molecule has 90 valence electrons. The van der Waals surface area contributed by atoms with E-state index in [1.54, 1.807) is 6.07 Å². The third kappa shape index (κ3) is 3.93. The van der Waals surface area contributed by atoms with Crippen LogP contribution in [-0.4, -0.2) is 0 Å². The zero-order valence-corrected chi connectivity index (χ0v) is 10.5. The average molecular weight is 223 g/mol. The van der Waals surface area contributed by atoms with Gasteiger partial charge in [-0.15, -0.1) is 0 Å². The van der Waals surface area contributed by atoms with Crippen LogP contribution in [-0.2, 0) is 0 Å². The standard InChI is InChI=1S/C14H22FN/c1-10(2)5-4-6-14(16)12-9-11(3)7-8-13(12)15/h7-10,14H,4-6,16H2,1-3H3. The zero-order chi connectivity index (χ0) is 12.1. The molecule has 0 aliphatic rings. The van der Waals surface area contributed by atoms with Crippen LogP contribution in [0.1, 0.15) is 50.3 Å². The lowest BCUT2D eigenvalue weighted by atomic mass is 9.97. The third-order valence-corrected chi connectivity index (χ3v) is 2.85. The van der Waals surface area contributed by atoms with Crippen LogP contribution in [0.3, 0.4) is 0 Å². The van der Waals surface area contributed by atoms with Crippen molar-refractivity contribution in [2.75, 3.05) is 0 Å². The Morgan fingerprint density at radius 2 is 1.94 bits per heavy atom. The van der Waals surface area contributed by atoms with E-state index in [1.165, 1.54) is 6.07 Å². The summed E-state index contributed by atoms with van der Waals surface area (Å²) in [6.07, 6.45) is 3.08. The van der Waals surface area contributed by atoms with Crippen molar-refractivity contribution in [2.24, 2.45) is 11.7 Å². The highest BCUT2D eigenvalue weighted by Gasteiger charge is 2.11. The molecule has 1 aromatic rings. The Kier molecular flexibility index (Phi) is 4.94. The first kappa shape index (κ1) is 13.2. The number of hydrogen-bond donors (Lipinski definition) is 1. The van der Waals surface area contributed by atoms with Crippen LogP contribution >= 0.6 is 0 Å². The molecular weight excluding hydrogens is 201 g/mol. The van der Waals surface area contributed by atoms with Gasteiger partial charge < -0.3 is 5.73 Å². The van der Waals surface area contributed by atoms with Gasteiger partial charge in [0.1, 0.15) is 5.82 Å². The minimum atomic E-state index is -0.178. The molecule has 0 bridgehead atoms. The number of hydrogen-bond acceptors (Lipinski definition) is 1. The topological polar surface area (TPSA) is 26.0 Å². The Morgan fingerprint density at radius 3 is 2.56 bits per heavy atom. The predicted molar refractivity (Wildman–Crippen MR) is 66.8 cm³/mol. The van der Waals surface area contributed by atoms with E-state index in [-0.39, 0.29) is 11.9 Å². The van der Waals surface area contributed by atoms with Crippen LogP contribution in [0.15, 0.2) is 18.2 Å². The summed E-state index contributed by atoms with van der Waals surface area (Å²) in [6, 6.07) is 4.97. The van der Waals surface area contributed by atoms with Gasteiger partial charge in [-0.05, 0) is 25.3 Å². The van der Waals surface area contributed by atoms with E-state index in [2.05, 4.69) is 13.8 Å². The van der Waals surface area contributed by atoms with Crippen LogP contribution in [0, 0.1) is 18.7 Å². The second-order valence-corrected chi connectivity index (χ2v) is 4.96. The van der Waals surface area contributed by atoms with Crippen molar-refractivity contribution in [3.63, 3.8) is 0 Å². The fourth-order valence-corrected chi connectivity index (χ4v) is 1.85. The third-order valence-electron chi connectivity index (χ3n) is 2.85. The Labute approximate surface area is 97.9 Å². The van der Waals surface area contributed by atoms with Crippen LogP contribution in [0.5, 0.6) is 0 Å². The van der Waals surface area contributed by atoms with Gasteiger partial charge in [0.2, 0.25) is 0 Å². The Hall–Kier alpha value is -0.890. The first-order chi connectivity index (χ1) is 7.50. The number of benzene rings is 1. The lowest BCUT2D eigenvalue weighted by molar-refractivity contribution is 0.492. The van der Waals surface area contributed by atoms with Crippen LogP contribution < -0.4 is 5.73 Å². The van der Waals surface area contributed by atoms with Crippen LogP contribution in [0.2, 0.25) is 0 Å². The minimum Gasteiger partial charge on any atom is -0.324 e. The SMILES string of the molecule is Cc1ccc(F)c(C(N)CCCC(C)C)c1. The summed E-state index contributed by atoms with van der Waals surface area (Å²) >= 11 is 0. The van der Waals surface area contributed by atoms with Crippen LogP contribution in [0.4, 0.5) is 4.39 Å². The molecule has 1 aromatic carbocycles. The van der Waals surface area contributed by atoms with Crippen LogP contribution in [0.25, 0.3) is 0 Å². The smallest absolute Gasteiger partial charge is 0.127 e. The molecule has 1 nitrogen and oxygen atoms in total. The van der Waals surface area contributed by atoms with E-state index in [4.69, 9.17) is 5.73 Å². The fraction of sp³-hybridized carbons (Fsp3) is 0.571. The van der Waals surface area contributed by atoms with Gasteiger partial charge in [-0.3, -0.25) is 0 Å². The Morgan fingerprint density at radius 1 is 1.25 bits per heavy atom. The second kappa shape index (κ2) is 6.00. The molecule has 0 spiro atoms. The van der Waals surface area contributed by atoms with Crippen molar-refractivity contribution < 1.29 is 4.39 Å². The lowest BCUT2D eigenvalue weighted by Gasteiger charge is -2.14. The zero-order valence-electron chi connectivity index (χ0n) is 10.5. The molecule has 0 heterocycles. The summed E-state index contributed by atoms with van der Waals surface area (Å²) in [6.45, 7) is 6.35. The van der Waals surface area contributed by atoms with E-state index in [1.807, 2.05) is 13.0 Å². The molecule has 16 heavy (non-hydrogen) atoms. The molecule has 0 saturated heterocycles. The highest BCUT2D eigenvalue weighted by Crippen LogP contribution is 2.22. The largest absolute Gasteiger partial charge is 0.324 e. The predicted octanol–water partition coefficient (Wildman–Crippen LogP) is 3.96. The van der Waals surface area contributed by atoms with E-state index in [0.29, 0.717) is 11.5 Å². The highest BCUT2D eigenvalue weighted by atomic mass is 19.1. The summed E-state index contributed by atoms with van der Waals surface area (Å²) in [5.74, 6) is 0.511. The van der Waals surface area contributed by atoms with E-state index < -0.39 is 0 Å². The maximum Gasteiger partial charge on any atom is 0.127 e. The van der Waals surface area contributed by atoms with Gasteiger partial charge in [-0.1, -0.05) is 44.4 Å². The first-order valence-electron chi connectivity index (χ1n) is 6.02. The summed E-state index contributed by atoms with van der Waals surface area (Å²) < 4.78 is 13.5. The van der Waals surface area contributed by atoms with Gasteiger partial charge in [-0.2, -0.15) is 0 Å². The molecule has 2 N–H and O–H groups in total. The quantitative estimate of drug-likeness (QED) is 0.803. The summed E-state index contributed by atoms with van der Waals surface area (Å²) in [5.41, 5.74) is 7.73. The van der Waals surface area contributed by atoms with Gasteiger partial charge in [0.05, 0.1) is 0 Å². The van der Waals surface area contributed by atoms with Crippen molar-refractivity contribution in [1.82, 2.24) is 0 Å². The molecule has 1 atom stereocenters. The molecule has 0 amide bonds. The number of nitrogens with two attached hydrogens (primary N) is 1. The highest BCUT2D eigenvalue weighted by molar-refractivity contribution is 5.26.